The monoisotopic (exact) mass is 286 g/mol. The molecule has 0 radical (unpaired) electrons. The van der Waals surface area contributed by atoms with E-state index in [0.29, 0.717) is 12.3 Å². The maximum absolute atomic E-state index is 11.8. The molecule has 0 unspecified atom stereocenters. The molecule has 0 spiro atoms. The molecular weight excluding hydrogens is 272 g/mol. The molecule has 5 heteroatoms. The molecular formula is C15H14N2O2S. The van der Waals surface area contributed by atoms with Crippen LogP contribution < -0.4 is 0 Å². The van der Waals surface area contributed by atoms with Crippen molar-refractivity contribution in [3.05, 3.63) is 41.6 Å². The van der Waals surface area contributed by atoms with Gasteiger partial charge in [-0.2, -0.15) is 0 Å². The minimum absolute atomic E-state index is 0.323. The van der Waals surface area contributed by atoms with E-state index in [-0.39, 0.29) is 5.97 Å². The Kier molecular flexibility index (Phi) is 3.28. The molecule has 2 aromatic heterocycles. The number of hydrogen-bond acceptors (Lipinski definition) is 4. The maximum atomic E-state index is 11.8. The first-order valence-electron chi connectivity index (χ1n) is 6.42. The number of carbonyl (C=O) groups is 1. The summed E-state index contributed by atoms with van der Waals surface area (Å²) < 4.78 is 6.04. The number of nitrogens with zero attached hydrogens (tertiary/aromatic N) is 1. The highest BCUT2D eigenvalue weighted by molar-refractivity contribution is 7.21. The van der Waals surface area contributed by atoms with Crippen LogP contribution in [0.3, 0.4) is 0 Å². The third kappa shape index (κ3) is 2.10. The number of aromatic nitrogens is 2. The van der Waals surface area contributed by atoms with Crippen LogP contribution in [0.4, 0.5) is 0 Å². The minimum atomic E-state index is -0.323. The number of aryl methyl sites for hydroxylation is 1. The average molecular weight is 286 g/mol. The Bertz CT molecular complexity index is 759. The van der Waals surface area contributed by atoms with Gasteiger partial charge >= 0.3 is 5.97 Å². The van der Waals surface area contributed by atoms with Gasteiger partial charge in [0.15, 0.2) is 0 Å². The van der Waals surface area contributed by atoms with Crippen LogP contribution in [-0.4, -0.2) is 22.5 Å². The molecule has 0 fully saturated rings. The lowest BCUT2D eigenvalue weighted by Crippen LogP contribution is -2.06. The van der Waals surface area contributed by atoms with Gasteiger partial charge in [0.2, 0.25) is 0 Å². The summed E-state index contributed by atoms with van der Waals surface area (Å²) in [6, 6.07) is 10.0. The molecule has 0 bridgehead atoms. The second-order valence-electron chi connectivity index (χ2n) is 4.41. The summed E-state index contributed by atoms with van der Waals surface area (Å²) in [4.78, 5) is 19.4. The number of esters is 1. The molecule has 3 rings (SSSR count). The van der Waals surface area contributed by atoms with Gasteiger partial charge in [-0.1, -0.05) is 30.3 Å². The fraction of sp³-hybridized carbons (Fsp3) is 0.200. The summed E-state index contributed by atoms with van der Waals surface area (Å²) in [6.07, 6.45) is 0. The van der Waals surface area contributed by atoms with Crippen LogP contribution in [0.1, 0.15) is 23.0 Å². The first-order chi connectivity index (χ1) is 9.70. The molecule has 1 aromatic carbocycles. The van der Waals surface area contributed by atoms with Crippen LogP contribution in [0.25, 0.3) is 20.9 Å². The van der Waals surface area contributed by atoms with Gasteiger partial charge in [-0.25, -0.2) is 9.78 Å². The van der Waals surface area contributed by atoms with Crippen molar-refractivity contribution in [3.63, 3.8) is 0 Å². The van der Waals surface area contributed by atoms with Crippen LogP contribution in [0, 0.1) is 6.92 Å². The summed E-state index contributed by atoms with van der Waals surface area (Å²) in [6.45, 7) is 4.08. The predicted octanol–water partition coefficient (Wildman–Crippen LogP) is 3.78. The van der Waals surface area contributed by atoms with Crippen molar-refractivity contribution in [2.24, 2.45) is 0 Å². The highest BCUT2D eigenvalue weighted by Crippen LogP contribution is 2.33. The van der Waals surface area contributed by atoms with Gasteiger partial charge in [0, 0.05) is 11.1 Å². The second kappa shape index (κ2) is 5.09. The SMILES string of the molecule is CCOC(=O)c1[nH]c2nc(-c3ccccc3)sc2c1C. The number of fused-ring (bicyclic) bond motifs is 1. The fourth-order valence-corrected chi connectivity index (χ4v) is 3.13. The largest absolute Gasteiger partial charge is 0.461 e. The molecule has 0 amide bonds. The minimum Gasteiger partial charge on any atom is -0.461 e. The van der Waals surface area contributed by atoms with Gasteiger partial charge in [0.05, 0.1) is 11.3 Å². The molecule has 3 aromatic rings. The zero-order chi connectivity index (χ0) is 14.1. The smallest absolute Gasteiger partial charge is 0.355 e. The number of benzene rings is 1. The van der Waals surface area contributed by atoms with Crippen molar-refractivity contribution in [3.8, 4) is 10.6 Å². The van der Waals surface area contributed by atoms with Crippen LogP contribution in [-0.2, 0) is 4.74 Å². The normalized spacial score (nSPS) is 10.9. The molecule has 1 N–H and O–H groups in total. The number of carbonyl (C=O) groups excluding carboxylic acids is 1. The summed E-state index contributed by atoms with van der Waals surface area (Å²) in [5, 5.41) is 0.949. The molecule has 102 valence electrons. The summed E-state index contributed by atoms with van der Waals surface area (Å²) in [5.74, 6) is -0.323. The van der Waals surface area contributed by atoms with E-state index < -0.39 is 0 Å². The van der Waals surface area contributed by atoms with Crippen LogP contribution in [0.5, 0.6) is 0 Å². The van der Waals surface area contributed by atoms with Crippen molar-refractivity contribution in [2.45, 2.75) is 13.8 Å². The van der Waals surface area contributed by atoms with Crippen molar-refractivity contribution in [1.82, 2.24) is 9.97 Å². The van der Waals surface area contributed by atoms with E-state index in [0.717, 1.165) is 26.5 Å². The summed E-state index contributed by atoms with van der Waals surface area (Å²) in [5.41, 5.74) is 3.23. The lowest BCUT2D eigenvalue weighted by atomic mass is 10.2. The molecule has 2 heterocycles. The topological polar surface area (TPSA) is 55.0 Å². The number of ether oxygens (including phenoxy) is 1. The standard InChI is InChI=1S/C15H14N2O2S/c1-3-19-15(18)11-9(2)12-13(16-11)17-14(20-12)10-7-5-4-6-8-10/h4-8,16H,3H2,1-2H3. The third-order valence-electron chi connectivity index (χ3n) is 3.09. The van der Waals surface area contributed by atoms with E-state index in [9.17, 15) is 4.79 Å². The highest BCUT2D eigenvalue weighted by atomic mass is 32.1. The molecule has 0 atom stereocenters. The quantitative estimate of drug-likeness (QED) is 0.745. The lowest BCUT2D eigenvalue weighted by Gasteiger charge is -2.00. The summed E-state index contributed by atoms with van der Waals surface area (Å²) in [7, 11) is 0. The van der Waals surface area contributed by atoms with Gasteiger partial charge < -0.3 is 9.72 Å². The highest BCUT2D eigenvalue weighted by Gasteiger charge is 2.19. The van der Waals surface area contributed by atoms with Crippen molar-refractivity contribution in [2.75, 3.05) is 6.61 Å². The zero-order valence-corrected chi connectivity index (χ0v) is 12.1. The Morgan fingerprint density at radius 1 is 1.35 bits per heavy atom. The van der Waals surface area contributed by atoms with Crippen molar-refractivity contribution >= 4 is 27.7 Å². The number of aromatic amines is 1. The molecule has 20 heavy (non-hydrogen) atoms. The Labute approximate surface area is 120 Å². The molecule has 0 aliphatic heterocycles. The van der Waals surface area contributed by atoms with E-state index in [1.807, 2.05) is 37.3 Å². The van der Waals surface area contributed by atoms with E-state index in [1.165, 1.54) is 0 Å². The van der Waals surface area contributed by atoms with Crippen molar-refractivity contribution in [1.29, 1.82) is 0 Å². The van der Waals surface area contributed by atoms with Crippen LogP contribution in [0.15, 0.2) is 30.3 Å². The van der Waals surface area contributed by atoms with Gasteiger partial charge in [-0.15, -0.1) is 11.3 Å². The third-order valence-corrected chi connectivity index (χ3v) is 4.31. The molecule has 0 saturated heterocycles. The first kappa shape index (κ1) is 12.9. The molecule has 4 nitrogen and oxygen atoms in total. The first-order valence-corrected chi connectivity index (χ1v) is 7.24. The van der Waals surface area contributed by atoms with Gasteiger partial charge in [0.25, 0.3) is 0 Å². The van der Waals surface area contributed by atoms with E-state index in [1.54, 1.807) is 18.3 Å². The summed E-state index contributed by atoms with van der Waals surface area (Å²) >= 11 is 1.58. The van der Waals surface area contributed by atoms with Gasteiger partial charge in [-0.05, 0) is 13.8 Å². The number of nitrogens with one attached hydrogen (secondary N) is 1. The predicted molar refractivity (Wildman–Crippen MR) is 80.1 cm³/mol. The van der Waals surface area contributed by atoms with Crippen LogP contribution in [0.2, 0.25) is 0 Å². The fourth-order valence-electron chi connectivity index (χ4n) is 2.10. The van der Waals surface area contributed by atoms with Gasteiger partial charge in [-0.3, -0.25) is 0 Å². The van der Waals surface area contributed by atoms with E-state index in [2.05, 4.69) is 9.97 Å². The van der Waals surface area contributed by atoms with E-state index >= 15 is 0 Å². The van der Waals surface area contributed by atoms with Crippen LogP contribution >= 0.6 is 11.3 Å². The average Bonchev–Trinajstić information content (AvgIpc) is 3.00. The maximum Gasteiger partial charge on any atom is 0.355 e. The second-order valence-corrected chi connectivity index (χ2v) is 5.41. The Balaban J connectivity index is 2.04. The number of hydrogen-bond donors (Lipinski definition) is 1. The number of rotatable bonds is 3. The lowest BCUT2D eigenvalue weighted by molar-refractivity contribution is 0.0519. The van der Waals surface area contributed by atoms with E-state index in [4.69, 9.17) is 4.74 Å². The Morgan fingerprint density at radius 3 is 2.75 bits per heavy atom. The number of H-pyrrole nitrogens is 1. The molecule has 0 saturated carbocycles. The zero-order valence-electron chi connectivity index (χ0n) is 11.3. The van der Waals surface area contributed by atoms with Crippen molar-refractivity contribution < 1.29 is 9.53 Å². The Hall–Kier alpha value is -2.14. The Morgan fingerprint density at radius 2 is 2.10 bits per heavy atom. The molecule has 0 aliphatic carbocycles. The number of thiazole rings is 1. The molecule has 0 aliphatic rings. The van der Waals surface area contributed by atoms with Gasteiger partial charge in [0.1, 0.15) is 16.3 Å².